The molecule has 1 N–H and O–H groups in total. The summed E-state index contributed by atoms with van der Waals surface area (Å²) in [5.41, 5.74) is 3.43. The summed E-state index contributed by atoms with van der Waals surface area (Å²) in [6, 6.07) is 20.1. The second-order valence-corrected chi connectivity index (χ2v) is 12.7. The van der Waals surface area contributed by atoms with E-state index in [2.05, 4.69) is 17.4 Å². The molecule has 10 nitrogen and oxygen atoms in total. The summed E-state index contributed by atoms with van der Waals surface area (Å²) in [6.07, 6.45) is 4.23. The first kappa shape index (κ1) is 35.5. The van der Waals surface area contributed by atoms with Crippen LogP contribution in [0.1, 0.15) is 65.3 Å². The first-order valence-electron chi connectivity index (χ1n) is 16.5. The van der Waals surface area contributed by atoms with E-state index in [0.29, 0.717) is 43.5 Å². The highest BCUT2D eigenvalue weighted by molar-refractivity contribution is 6.30. The van der Waals surface area contributed by atoms with Gasteiger partial charge in [-0.05, 0) is 67.9 Å². The molecule has 3 amide bonds. The van der Waals surface area contributed by atoms with Crippen LogP contribution in [-0.4, -0.2) is 67.9 Å². The molecule has 0 atom stereocenters. The number of nitrogens with zero attached hydrogens (tertiary/aromatic N) is 2. The molecular weight excluding hydrogens is 646 g/mol. The first-order chi connectivity index (χ1) is 23.7. The second kappa shape index (κ2) is 16.5. The van der Waals surface area contributed by atoms with E-state index in [-0.39, 0.29) is 35.1 Å². The molecule has 2 fully saturated rings. The SMILES string of the molecule is COc1cc2oc(C(=O)NCC(=O)N3CCC(c4ccccc4CN4CCCCC4=O)CC3)cc(=O)c2cc1OC.Cc1ccc(Cl)cc1. The average Bonchev–Trinajstić information content (AvgIpc) is 3.12. The smallest absolute Gasteiger partial charge is 0.287 e. The van der Waals surface area contributed by atoms with Crippen molar-refractivity contribution in [3.05, 3.63) is 104 Å². The molecule has 0 spiro atoms. The van der Waals surface area contributed by atoms with Gasteiger partial charge in [0.05, 0.1) is 26.2 Å². The molecule has 0 radical (unpaired) electrons. The first-order valence-corrected chi connectivity index (χ1v) is 16.9. The molecular formula is C38H42ClN3O7. The fraction of sp³-hybridized carbons (Fsp3) is 0.368. The van der Waals surface area contributed by atoms with Crippen LogP contribution in [0, 0.1) is 6.92 Å². The van der Waals surface area contributed by atoms with Crippen LogP contribution in [0.25, 0.3) is 11.0 Å². The van der Waals surface area contributed by atoms with Crippen molar-refractivity contribution in [3.8, 4) is 11.5 Å². The number of ether oxygens (including phenoxy) is 2. The van der Waals surface area contributed by atoms with Gasteiger partial charge in [0, 0.05) is 49.8 Å². The standard InChI is InChI=1S/C31H35N3O7.C7H7Cl/c1-39-26-15-23-24(35)16-28(41-25(23)17-27(26)40-2)31(38)32-18-30(37)33-13-10-20(11-14-33)22-8-4-3-7-21(22)19-34-12-6-5-9-29(34)36;1-6-2-4-7(8)5-3-6/h3-4,7-8,15-17,20H,5-6,9-14,18-19H2,1-2H3,(H,32,38);2-5H,1H3. The van der Waals surface area contributed by atoms with Gasteiger partial charge < -0.3 is 29.0 Å². The maximum absolute atomic E-state index is 12.9. The van der Waals surface area contributed by atoms with E-state index in [0.717, 1.165) is 43.3 Å². The maximum Gasteiger partial charge on any atom is 0.287 e. The molecule has 11 heteroatoms. The van der Waals surface area contributed by atoms with Crippen LogP contribution in [0.2, 0.25) is 5.02 Å². The van der Waals surface area contributed by atoms with Crippen molar-refractivity contribution >= 4 is 40.3 Å². The Hall–Kier alpha value is -4.83. The molecule has 3 heterocycles. The van der Waals surface area contributed by atoms with Gasteiger partial charge in [0.25, 0.3) is 5.91 Å². The van der Waals surface area contributed by atoms with Crippen molar-refractivity contribution in [2.75, 3.05) is 40.4 Å². The molecule has 2 aliphatic heterocycles. The Balaban J connectivity index is 0.000000514. The highest BCUT2D eigenvalue weighted by atomic mass is 35.5. The highest BCUT2D eigenvalue weighted by Crippen LogP contribution is 2.32. The minimum atomic E-state index is -0.650. The number of hydrogen-bond acceptors (Lipinski definition) is 7. The molecule has 1 aromatic heterocycles. The van der Waals surface area contributed by atoms with Gasteiger partial charge in [-0.15, -0.1) is 0 Å². The van der Waals surface area contributed by atoms with E-state index in [1.807, 2.05) is 48.2 Å². The molecule has 49 heavy (non-hydrogen) atoms. The number of methoxy groups -OCH3 is 2. The number of amides is 3. The summed E-state index contributed by atoms with van der Waals surface area (Å²) in [7, 11) is 2.93. The third-order valence-electron chi connectivity index (χ3n) is 8.99. The van der Waals surface area contributed by atoms with Crippen molar-refractivity contribution in [1.29, 1.82) is 0 Å². The van der Waals surface area contributed by atoms with Crippen LogP contribution in [0.5, 0.6) is 11.5 Å². The molecule has 6 rings (SSSR count). The van der Waals surface area contributed by atoms with E-state index in [1.165, 1.54) is 43.0 Å². The minimum Gasteiger partial charge on any atom is -0.493 e. The number of fused-ring (bicyclic) bond motifs is 1. The van der Waals surface area contributed by atoms with E-state index in [4.69, 9.17) is 25.5 Å². The number of carbonyl (C=O) groups is 3. The number of carbonyl (C=O) groups excluding carboxylic acids is 3. The Labute approximate surface area is 290 Å². The van der Waals surface area contributed by atoms with E-state index < -0.39 is 11.3 Å². The van der Waals surface area contributed by atoms with Crippen LogP contribution in [0.4, 0.5) is 0 Å². The van der Waals surface area contributed by atoms with Gasteiger partial charge in [0.15, 0.2) is 22.7 Å². The summed E-state index contributed by atoms with van der Waals surface area (Å²) in [6.45, 7) is 4.41. The molecule has 0 aliphatic carbocycles. The number of hydrogen-bond donors (Lipinski definition) is 1. The van der Waals surface area contributed by atoms with Crippen LogP contribution in [0.3, 0.4) is 0 Å². The summed E-state index contributed by atoms with van der Waals surface area (Å²) in [5.74, 6) is 0.219. The van der Waals surface area contributed by atoms with Crippen molar-refractivity contribution in [2.24, 2.45) is 0 Å². The normalized spacial score (nSPS) is 15.0. The number of benzene rings is 3. The van der Waals surface area contributed by atoms with Gasteiger partial charge in [-0.1, -0.05) is 53.6 Å². The Morgan fingerprint density at radius 3 is 2.29 bits per heavy atom. The number of likely N-dealkylation sites (tertiary alicyclic amines) is 2. The van der Waals surface area contributed by atoms with Gasteiger partial charge in [0.2, 0.25) is 11.8 Å². The van der Waals surface area contributed by atoms with Gasteiger partial charge in [-0.2, -0.15) is 0 Å². The molecule has 0 unspecified atom stereocenters. The third kappa shape index (κ3) is 9.00. The molecule has 0 bridgehead atoms. The summed E-state index contributed by atoms with van der Waals surface area (Å²) in [5, 5.41) is 3.64. The lowest BCUT2D eigenvalue weighted by Crippen LogP contribution is -2.44. The van der Waals surface area contributed by atoms with Crippen molar-refractivity contribution < 1.29 is 28.3 Å². The minimum absolute atomic E-state index is 0.179. The van der Waals surface area contributed by atoms with Crippen molar-refractivity contribution in [2.45, 2.75) is 51.5 Å². The zero-order valence-corrected chi connectivity index (χ0v) is 28.9. The van der Waals surface area contributed by atoms with Crippen LogP contribution >= 0.6 is 11.6 Å². The predicted molar refractivity (Wildman–Crippen MR) is 188 cm³/mol. The molecule has 2 aliphatic rings. The van der Waals surface area contributed by atoms with Crippen LogP contribution in [-0.2, 0) is 16.1 Å². The monoisotopic (exact) mass is 687 g/mol. The summed E-state index contributed by atoms with van der Waals surface area (Å²) < 4.78 is 16.2. The highest BCUT2D eigenvalue weighted by Gasteiger charge is 2.27. The van der Waals surface area contributed by atoms with Crippen LogP contribution < -0.4 is 20.2 Å². The zero-order valence-electron chi connectivity index (χ0n) is 28.1. The number of halogens is 1. The molecule has 4 aromatic rings. The molecule has 0 saturated carbocycles. The van der Waals surface area contributed by atoms with Gasteiger partial charge >= 0.3 is 0 Å². The van der Waals surface area contributed by atoms with E-state index in [1.54, 1.807) is 4.90 Å². The van der Waals surface area contributed by atoms with E-state index in [9.17, 15) is 19.2 Å². The Bertz CT molecular complexity index is 1830. The topological polar surface area (TPSA) is 118 Å². The Morgan fingerprint density at radius 2 is 1.61 bits per heavy atom. The zero-order chi connectivity index (χ0) is 34.9. The summed E-state index contributed by atoms with van der Waals surface area (Å²) in [4.78, 5) is 54.4. The predicted octanol–water partition coefficient (Wildman–Crippen LogP) is 6.11. The number of aryl methyl sites for hydroxylation is 1. The Morgan fingerprint density at radius 1 is 0.918 bits per heavy atom. The fourth-order valence-electron chi connectivity index (χ4n) is 6.23. The second-order valence-electron chi connectivity index (χ2n) is 12.3. The number of nitrogens with one attached hydrogen (secondary N) is 1. The van der Waals surface area contributed by atoms with Crippen molar-refractivity contribution in [1.82, 2.24) is 15.1 Å². The van der Waals surface area contributed by atoms with E-state index >= 15 is 0 Å². The lowest BCUT2D eigenvalue weighted by molar-refractivity contribution is -0.134. The Kier molecular flexibility index (Phi) is 12.0. The quantitative estimate of drug-likeness (QED) is 0.238. The largest absolute Gasteiger partial charge is 0.493 e. The lowest BCUT2D eigenvalue weighted by atomic mass is 9.86. The lowest BCUT2D eigenvalue weighted by Gasteiger charge is -2.34. The van der Waals surface area contributed by atoms with Gasteiger partial charge in [0.1, 0.15) is 5.58 Å². The molecule has 3 aromatic carbocycles. The number of rotatable bonds is 8. The molecule has 2 saturated heterocycles. The van der Waals surface area contributed by atoms with Crippen molar-refractivity contribution in [3.63, 3.8) is 0 Å². The van der Waals surface area contributed by atoms with Crippen LogP contribution in [0.15, 0.2) is 75.9 Å². The van der Waals surface area contributed by atoms with Gasteiger partial charge in [-0.25, -0.2) is 0 Å². The summed E-state index contributed by atoms with van der Waals surface area (Å²) >= 11 is 5.61. The van der Waals surface area contributed by atoms with Gasteiger partial charge in [-0.3, -0.25) is 19.2 Å². The fourth-order valence-corrected chi connectivity index (χ4v) is 6.36. The third-order valence-corrected chi connectivity index (χ3v) is 9.25. The molecule has 258 valence electrons. The average molecular weight is 688 g/mol. The maximum atomic E-state index is 12.9. The number of piperidine rings is 2.